The highest BCUT2D eigenvalue weighted by Crippen LogP contribution is 2.31. The van der Waals surface area contributed by atoms with Crippen molar-refractivity contribution in [2.75, 3.05) is 23.4 Å². The van der Waals surface area contributed by atoms with E-state index >= 15 is 0 Å². The van der Waals surface area contributed by atoms with E-state index in [1.807, 2.05) is 37.8 Å². The normalized spacial score (nSPS) is 19.0. The Bertz CT molecular complexity index is 1200. The summed E-state index contributed by atoms with van der Waals surface area (Å²) in [6, 6.07) is 9.02. The molecule has 0 amide bonds. The topological polar surface area (TPSA) is 88.5 Å². The predicted octanol–water partition coefficient (Wildman–Crippen LogP) is 6.95. The van der Waals surface area contributed by atoms with Crippen molar-refractivity contribution in [3.63, 3.8) is 0 Å². The van der Waals surface area contributed by atoms with Crippen molar-refractivity contribution in [1.82, 2.24) is 9.64 Å². The second kappa shape index (κ2) is 14.2. The number of benzene rings is 2. The van der Waals surface area contributed by atoms with Gasteiger partial charge in [0.25, 0.3) is 0 Å². The maximum atomic E-state index is 15.0. The smallest absolute Gasteiger partial charge is 0.192 e. The van der Waals surface area contributed by atoms with Crippen molar-refractivity contribution in [1.29, 1.82) is 0 Å². The maximum absolute atomic E-state index is 15.0. The summed E-state index contributed by atoms with van der Waals surface area (Å²) in [7, 11) is 0. The molecular weight excluding hydrogens is 543 g/mol. The molecule has 39 heavy (non-hydrogen) atoms. The molecule has 212 valence electrons. The first-order valence-electron chi connectivity index (χ1n) is 12.8. The van der Waals surface area contributed by atoms with Crippen LogP contribution in [0.25, 0.3) is 0 Å². The fourth-order valence-electron chi connectivity index (χ4n) is 4.21. The van der Waals surface area contributed by atoms with Crippen molar-refractivity contribution < 1.29 is 24.3 Å². The number of hydrazine groups is 1. The number of anilines is 2. The zero-order valence-electron chi connectivity index (χ0n) is 22.8. The molecule has 2 aromatic rings. The van der Waals surface area contributed by atoms with Crippen LogP contribution in [-0.2, 0) is 4.74 Å². The minimum atomic E-state index is -0.408. The van der Waals surface area contributed by atoms with Gasteiger partial charge in [-0.05, 0) is 75.1 Å². The summed E-state index contributed by atoms with van der Waals surface area (Å²) in [4.78, 5) is 15.6. The van der Waals surface area contributed by atoms with Crippen molar-refractivity contribution in [3.05, 3.63) is 76.7 Å². The second-order valence-corrected chi connectivity index (χ2v) is 11.0. The Kier molecular flexibility index (Phi) is 11.2. The highest BCUT2D eigenvalue weighted by atomic mass is 35.5. The van der Waals surface area contributed by atoms with Crippen LogP contribution in [0.2, 0.25) is 5.02 Å². The van der Waals surface area contributed by atoms with Gasteiger partial charge in [-0.25, -0.2) is 4.39 Å². The van der Waals surface area contributed by atoms with Crippen LogP contribution in [0.5, 0.6) is 0 Å². The zero-order valence-corrected chi connectivity index (χ0v) is 24.3. The lowest BCUT2D eigenvalue weighted by molar-refractivity contribution is -0.0598. The van der Waals surface area contributed by atoms with Crippen LogP contribution in [0.15, 0.2) is 65.2 Å². The van der Waals surface area contributed by atoms with Crippen molar-refractivity contribution in [2.45, 2.75) is 64.2 Å². The molecule has 0 aromatic heterocycles. The molecule has 1 unspecified atom stereocenters. The molecule has 1 saturated heterocycles. The van der Waals surface area contributed by atoms with Gasteiger partial charge in [-0.2, -0.15) is 0 Å². The molecular formula is C28H36ClFN4O4S. The molecule has 11 heteroatoms. The summed E-state index contributed by atoms with van der Waals surface area (Å²) in [5.74, 6) is -0.803. The Hall–Kier alpha value is -2.60. The number of ether oxygens (including phenoxy) is 1. The number of allylic oxidation sites excluding steroid dienone is 2. The molecule has 8 nitrogen and oxygen atoms in total. The van der Waals surface area contributed by atoms with E-state index in [1.165, 1.54) is 18.3 Å². The standard InChI is InChI=1S/C28H36ClFN4O4S/c1-6-7-8-19(3)33(36)15-18(2)28(35)24-13-22(29)9-11-26(24)31-34(37)39-23-10-12-27(25(30)14-23)32-16-20(4)38-21(5)17-32/h7-15,19-21,31,36-37H,6,16-17H2,1-5H3/b8-7-,18-15+/t19?,20-,21+. The van der Waals surface area contributed by atoms with Gasteiger partial charge < -0.3 is 9.64 Å². The highest BCUT2D eigenvalue weighted by molar-refractivity contribution is 7.97. The molecule has 1 aliphatic heterocycles. The Labute approximate surface area is 238 Å². The predicted molar refractivity (Wildman–Crippen MR) is 154 cm³/mol. The van der Waals surface area contributed by atoms with Crippen LogP contribution in [0.3, 0.4) is 0 Å². The lowest BCUT2D eigenvalue weighted by Crippen LogP contribution is -2.45. The largest absolute Gasteiger partial charge is 0.372 e. The van der Waals surface area contributed by atoms with Gasteiger partial charge in [0.15, 0.2) is 5.78 Å². The van der Waals surface area contributed by atoms with Gasteiger partial charge in [0.05, 0.1) is 29.6 Å². The Morgan fingerprint density at radius 2 is 1.95 bits per heavy atom. The lowest BCUT2D eigenvalue weighted by atomic mass is 10.0. The number of hydrogen-bond donors (Lipinski definition) is 3. The third-order valence-electron chi connectivity index (χ3n) is 6.07. The van der Waals surface area contributed by atoms with Crippen LogP contribution >= 0.6 is 23.5 Å². The van der Waals surface area contributed by atoms with Gasteiger partial charge >= 0.3 is 0 Å². The molecule has 1 heterocycles. The van der Waals surface area contributed by atoms with Gasteiger partial charge in [-0.3, -0.25) is 25.7 Å². The summed E-state index contributed by atoms with van der Waals surface area (Å²) >= 11 is 7.00. The van der Waals surface area contributed by atoms with Gasteiger partial charge in [0.1, 0.15) is 5.82 Å². The van der Waals surface area contributed by atoms with Crippen LogP contribution in [0.4, 0.5) is 15.8 Å². The lowest BCUT2D eigenvalue weighted by Gasteiger charge is -2.37. The number of carbonyl (C=O) groups is 1. The first-order chi connectivity index (χ1) is 18.5. The monoisotopic (exact) mass is 578 g/mol. The zero-order chi connectivity index (χ0) is 28.7. The Morgan fingerprint density at radius 1 is 1.26 bits per heavy atom. The fourth-order valence-corrected chi connectivity index (χ4v) is 5.01. The molecule has 3 rings (SSSR count). The van der Waals surface area contributed by atoms with E-state index in [2.05, 4.69) is 5.43 Å². The molecule has 1 aliphatic rings. The van der Waals surface area contributed by atoms with E-state index in [0.717, 1.165) is 23.4 Å². The third kappa shape index (κ3) is 8.69. The minimum Gasteiger partial charge on any atom is -0.372 e. The molecule has 0 spiro atoms. The quantitative estimate of drug-likeness (QED) is 0.0861. The van der Waals surface area contributed by atoms with E-state index < -0.39 is 11.6 Å². The summed E-state index contributed by atoms with van der Waals surface area (Å²) in [5.41, 5.74) is 3.96. The number of Topliss-reactive ketones (excluding diaryl/α,β-unsaturated/α-hetero) is 1. The van der Waals surface area contributed by atoms with Crippen LogP contribution in [0.1, 0.15) is 51.4 Å². The number of rotatable bonds is 11. The molecule has 2 aromatic carbocycles. The second-order valence-electron chi connectivity index (χ2n) is 9.54. The summed E-state index contributed by atoms with van der Waals surface area (Å²) < 4.78 is 21.4. The highest BCUT2D eigenvalue weighted by Gasteiger charge is 2.24. The number of morpholine rings is 1. The average molecular weight is 579 g/mol. The molecule has 0 radical (unpaired) electrons. The summed E-state index contributed by atoms with van der Waals surface area (Å²) in [5, 5.41) is 22.2. The molecule has 1 fully saturated rings. The fraction of sp³-hybridized carbons (Fsp3) is 0.393. The molecule has 0 aliphatic carbocycles. The van der Waals surface area contributed by atoms with E-state index in [-0.39, 0.29) is 35.1 Å². The van der Waals surface area contributed by atoms with E-state index in [1.54, 1.807) is 38.1 Å². The van der Waals surface area contributed by atoms with Gasteiger partial charge in [0, 0.05) is 52.3 Å². The Morgan fingerprint density at radius 3 is 2.59 bits per heavy atom. The molecule has 0 bridgehead atoms. The number of nitrogens with one attached hydrogen (secondary N) is 1. The van der Waals surface area contributed by atoms with Gasteiger partial charge in [-0.1, -0.05) is 30.7 Å². The molecule has 3 atom stereocenters. The number of hydroxylamine groups is 2. The number of nitrogens with zero attached hydrogens (tertiary/aromatic N) is 3. The summed E-state index contributed by atoms with van der Waals surface area (Å²) in [6.07, 6.45) is 5.93. The molecule has 0 saturated carbocycles. The molecule has 3 N–H and O–H groups in total. The van der Waals surface area contributed by atoms with Crippen molar-refractivity contribution >= 4 is 40.7 Å². The van der Waals surface area contributed by atoms with Crippen LogP contribution in [-0.4, -0.2) is 57.2 Å². The summed E-state index contributed by atoms with van der Waals surface area (Å²) in [6.45, 7) is 10.5. The van der Waals surface area contributed by atoms with E-state index in [0.29, 0.717) is 33.3 Å². The van der Waals surface area contributed by atoms with Crippen LogP contribution in [0, 0.1) is 5.82 Å². The first kappa shape index (κ1) is 30.9. The number of carbonyl (C=O) groups excluding carboxylic acids is 1. The van der Waals surface area contributed by atoms with Crippen molar-refractivity contribution in [2.24, 2.45) is 0 Å². The Balaban J connectivity index is 1.72. The third-order valence-corrected chi connectivity index (χ3v) is 7.03. The first-order valence-corrected chi connectivity index (χ1v) is 13.9. The number of halogens is 2. The number of ketones is 1. The maximum Gasteiger partial charge on any atom is 0.192 e. The average Bonchev–Trinajstić information content (AvgIpc) is 2.87. The minimum absolute atomic E-state index is 0.00385. The van der Waals surface area contributed by atoms with Gasteiger partial charge in [-0.15, -0.1) is 0 Å². The van der Waals surface area contributed by atoms with Gasteiger partial charge in [0.2, 0.25) is 0 Å². The number of hydrogen-bond acceptors (Lipinski definition) is 9. The van der Waals surface area contributed by atoms with Crippen LogP contribution < -0.4 is 10.3 Å². The van der Waals surface area contributed by atoms with E-state index in [4.69, 9.17) is 16.3 Å². The SMILES string of the molecule is CC/C=C\C(C)N(O)/C=C(\C)C(=O)c1cc(Cl)ccc1NN(O)Sc1ccc(N2C[C@@H](C)O[C@@H](C)C2)c(F)c1. The van der Waals surface area contributed by atoms with Crippen molar-refractivity contribution in [3.8, 4) is 0 Å². The van der Waals surface area contributed by atoms with E-state index in [9.17, 15) is 19.6 Å².